The van der Waals surface area contributed by atoms with Crippen LogP contribution in [-0.4, -0.2) is 0 Å². The second-order valence-corrected chi connectivity index (χ2v) is 14.4. The molecule has 0 fully saturated rings. The minimum Gasteiger partial charge on any atom is -0.310 e. The predicted molar refractivity (Wildman–Crippen MR) is 202 cm³/mol. The first-order valence-corrected chi connectivity index (χ1v) is 16.9. The first kappa shape index (κ1) is 29.3. The smallest absolute Gasteiger partial charge is 0.0580 e. The Morgan fingerprint density at radius 1 is 0.447 bits per heavy atom. The number of rotatable bonds is 5. The molecular weight excluding hydrogens is 567 g/mol. The lowest BCUT2D eigenvalue weighted by Gasteiger charge is -2.45. The normalized spacial score (nSPS) is 15.0. The molecule has 0 heterocycles. The molecule has 0 unspecified atom stereocenters. The van der Waals surface area contributed by atoms with Crippen LogP contribution in [0.1, 0.15) is 51.7 Å². The molecule has 8 rings (SSSR count). The molecule has 230 valence electrons. The van der Waals surface area contributed by atoms with E-state index >= 15 is 0 Å². The fourth-order valence-corrected chi connectivity index (χ4v) is 7.88. The van der Waals surface area contributed by atoms with E-state index in [4.69, 9.17) is 0 Å². The van der Waals surface area contributed by atoms with Crippen LogP contribution in [0.25, 0.3) is 43.8 Å². The number of fused-ring (bicyclic) bond motifs is 4. The van der Waals surface area contributed by atoms with Crippen LogP contribution in [0.4, 0.5) is 17.1 Å². The zero-order valence-electron chi connectivity index (χ0n) is 27.8. The first-order chi connectivity index (χ1) is 22.8. The van der Waals surface area contributed by atoms with Crippen molar-refractivity contribution in [2.45, 2.75) is 51.4 Å². The molecular formula is C46H41N. The molecule has 7 aromatic carbocycles. The minimum atomic E-state index is 0.0158. The van der Waals surface area contributed by atoms with E-state index in [0.29, 0.717) is 0 Å². The SMILES string of the molecule is CC1(C)CCC(C)(C)c2c1ccc(-c1ccccc1)c2N(c1ccccc1)c1ccc(-c2cc3ccccc3c3ccccc23)cc1. The van der Waals surface area contributed by atoms with Crippen LogP contribution in [-0.2, 0) is 10.8 Å². The number of hydrogen-bond acceptors (Lipinski definition) is 1. The molecule has 0 amide bonds. The van der Waals surface area contributed by atoms with E-state index < -0.39 is 0 Å². The second-order valence-electron chi connectivity index (χ2n) is 14.4. The van der Waals surface area contributed by atoms with E-state index in [-0.39, 0.29) is 10.8 Å². The van der Waals surface area contributed by atoms with Gasteiger partial charge in [-0.15, -0.1) is 0 Å². The largest absolute Gasteiger partial charge is 0.310 e. The van der Waals surface area contributed by atoms with E-state index in [0.717, 1.165) is 12.1 Å². The molecule has 0 N–H and O–H groups in total. The number of anilines is 3. The Morgan fingerprint density at radius 2 is 1.00 bits per heavy atom. The van der Waals surface area contributed by atoms with Crippen LogP contribution >= 0.6 is 0 Å². The van der Waals surface area contributed by atoms with E-state index in [2.05, 4.69) is 184 Å². The lowest BCUT2D eigenvalue weighted by Crippen LogP contribution is -2.35. The lowest BCUT2D eigenvalue weighted by molar-refractivity contribution is 0.332. The highest BCUT2D eigenvalue weighted by atomic mass is 15.1. The van der Waals surface area contributed by atoms with E-state index in [1.165, 1.54) is 72.7 Å². The highest BCUT2D eigenvalue weighted by Crippen LogP contribution is 2.54. The lowest BCUT2D eigenvalue weighted by atomic mass is 9.62. The van der Waals surface area contributed by atoms with Crippen molar-refractivity contribution in [3.05, 3.63) is 163 Å². The summed E-state index contributed by atoms with van der Waals surface area (Å²) in [7, 11) is 0. The molecule has 0 bridgehead atoms. The standard InChI is InChI=1S/C46H41N/c1-45(2)29-30-46(3,4)43-42(45)28-27-38(32-15-7-5-8-16-32)44(43)47(35-18-9-6-10-19-35)36-25-23-33(24-26-36)41-31-34-17-11-12-20-37(34)39-21-13-14-22-40(39)41/h5-28,31H,29-30H2,1-4H3. The van der Waals surface area contributed by atoms with Gasteiger partial charge in [0, 0.05) is 16.9 Å². The van der Waals surface area contributed by atoms with Gasteiger partial charge in [-0.2, -0.15) is 0 Å². The van der Waals surface area contributed by atoms with Gasteiger partial charge in [0.2, 0.25) is 0 Å². The van der Waals surface area contributed by atoms with Crippen molar-refractivity contribution in [2.24, 2.45) is 0 Å². The van der Waals surface area contributed by atoms with Crippen LogP contribution in [0.15, 0.2) is 152 Å². The Balaban J connectivity index is 1.37. The molecule has 0 spiro atoms. The van der Waals surface area contributed by atoms with Crippen LogP contribution in [0.3, 0.4) is 0 Å². The summed E-state index contributed by atoms with van der Waals surface area (Å²) < 4.78 is 0. The van der Waals surface area contributed by atoms with Gasteiger partial charge >= 0.3 is 0 Å². The number of hydrogen-bond donors (Lipinski definition) is 0. The van der Waals surface area contributed by atoms with Crippen molar-refractivity contribution in [3.8, 4) is 22.3 Å². The van der Waals surface area contributed by atoms with Gasteiger partial charge in [-0.05, 0) is 103 Å². The molecule has 0 saturated heterocycles. The molecule has 1 aliphatic rings. The maximum Gasteiger partial charge on any atom is 0.0580 e. The fourth-order valence-electron chi connectivity index (χ4n) is 7.88. The van der Waals surface area contributed by atoms with Gasteiger partial charge in [-0.3, -0.25) is 0 Å². The monoisotopic (exact) mass is 607 g/mol. The van der Waals surface area contributed by atoms with Crippen LogP contribution in [0.5, 0.6) is 0 Å². The minimum absolute atomic E-state index is 0.0158. The van der Waals surface area contributed by atoms with Gasteiger partial charge in [-0.1, -0.05) is 149 Å². The van der Waals surface area contributed by atoms with E-state index in [1.807, 2.05) is 0 Å². The van der Waals surface area contributed by atoms with E-state index in [9.17, 15) is 0 Å². The maximum atomic E-state index is 2.52. The van der Waals surface area contributed by atoms with Crippen molar-refractivity contribution in [1.29, 1.82) is 0 Å². The van der Waals surface area contributed by atoms with Gasteiger partial charge in [0.1, 0.15) is 0 Å². The predicted octanol–water partition coefficient (Wildman–Crippen LogP) is 13.1. The number of para-hydroxylation sites is 1. The van der Waals surface area contributed by atoms with E-state index in [1.54, 1.807) is 0 Å². The summed E-state index contributed by atoms with van der Waals surface area (Å²) in [6, 6.07) is 55.8. The quantitative estimate of drug-likeness (QED) is 0.176. The molecule has 0 aromatic heterocycles. The summed E-state index contributed by atoms with van der Waals surface area (Å²) >= 11 is 0. The third-order valence-corrected chi connectivity index (χ3v) is 10.5. The fraction of sp³-hybridized carbons (Fsp3) is 0.174. The summed E-state index contributed by atoms with van der Waals surface area (Å²) in [6.07, 6.45) is 2.33. The molecule has 1 aliphatic carbocycles. The molecule has 1 heteroatoms. The molecule has 7 aromatic rings. The van der Waals surface area contributed by atoms with Gasteiger partial charge < -0.3 is 4.90 Å². The van der Waals surface area contributed by atoms with Crippen molar-refractivity contribution >= 4 is 38.6 Å². The highest BCUT2D eigenvalue weighted by Gasteiger charge is 2.41. The van der Waals surface area contributed by atoms with Crippen LogP contribution in [0, 0.1) is 0 Å². The molecule has 0 saturated carbocycles. The summed E-state index contributed by atoms with van der Waals surface area (Å²) in [5.74, 6) is 0. The average Bonchev–Trinajstić information content (AvgIpc) is 3.11. The van der Waals surface area contributed by atoms with Gasteiger partial charge in [-0.25, -0.2) is 0 Å². The van der Waals surface area contributed by atoms with Gasteiger partial charge in [0.15, 0.2) is 0 Å². The summed E-state index contributed by atoms with van der Waals surface area (Å²) in [5, 5.41) is 5.14. The van der Waals surface area contributed by atoms with Gasteiger partial charge in [0.05, 0.1) is 5.69 Å². The topological polar surface area (TPSA) is 3.24 Å². The average molecular weight is 608 g/mol. The van der Waals surface area contributed by atoms with Crippen molar-refractivity contribution in [2.75, 3.05) is 4.90 Å². The zero-order valence-corrected chi connectivity index (χ0v) is 27.8. The van der Waals surface area contributed by atoms with Crippen molar-refractivity contribution < 1.29 is 0 Å². The van der Waals surface area contributed by atoms with Crippen molar-refractivity contribution in [3.63, 3.8) is 0 Å². The van der Waals surface area contributed by atoms with Crippen LogP contribution in [0.2, 0.25) is 0 Å². The maximum absolute atomic E-state index is 2.52. The summed E-state index contributed by atoms with van der Waals surface area (Å²) in [6.45, 7) is 9.72. The Bertz CT molecular complexity index is 2220. The molecule has 0 atom stereocenters. The Hall–Kier alpha value is -5.14. The molecule has 47 heavy (non-hydrogen) atoms. The second kappa shape index (κ2) is 11.3. The zero-order chi connectivity index (χ0) is 32.2. The Morgan fingerprint density at radius 3 is 1.72 bits per heavy atom. The summed E-state index contributed by atoms with van der Waals surface area (Å²) in [4.78, 5) is 2.52. The first-order valence-electron chi connectivity index (χ1n) is 16.9. The third-order valence-electron chi connectivity index (χ3n) is 10.5. The Kier molecular flexibility index (Phi) is 7.03. The third kappa shape index (κ3) is 5.02. The number of nitrogens with zero attached hydrogens (tertiary/aromatic N) is 1. The molecule has 0 aliphatic heterocycles. The molecule has 0 radical (unpaired) electrons. The number of benzene rings is 7. The Labute approximate surface area is 279 Å². The van der Waals surface area contributed by atoms with Crippen molar-refractivity contribution in [1.82, 2.24) is 0 Å². The van der Waals surface area contributed by atoms with Crippen LogP contribution < -0.4 is 4.90 Å². The summed E-state index contributed by atoms with van der Waals surface area (Å²) in [5.41, 5.74) is 11.7. The molecule has 1 nitrogen and oxygen atoms in total. The highest BCUT2D eigenvalue weighted by molar-refractivity contribution is 6.13. The van der Waals surface area contributed by atoms with Gasteiger partial charge in [0.25, 0.3) is 0 Å².